The van der Waals surface area contributed by atoms with Crippen LogP contribution in [0.1, 0.15) is 42.2 Å². The molecular formula is C37H36F3N7O3. The fourth-order valence-electron chi connectivity index (χ4n) is 8.95. The normalized spacial score (nSPS) is 25.8. The molecule has 10 nitrogen and oxygen atoms in total. The second-order valence-corrected chi connectivity index (χ2v) is 14.3. The minimum atomic E-state index is -0.939. The summed E-state index contributed by atoms with van der Waals surface area (Å²) >= 11 is 0. The number of anilines is 1. The third kappa shape index (κ3) is 4.84. The molecule has 0 radical (unpaired) electrons. The van der Waals surface area contributed by atoms with Crippen LogP contribution in [0.25, 0.3) is 32.9 Å². The number of hydrogen-bond acceptors (Lipinski definition) is 9. The van der Waals surface area contributed by atoms with Crippen molar-refractivity contribution in [1.29, 1.82) is 0 Å². The molecule has 1 saturated carbocycles. The number of alkyl halides is 1. The standard InChI is InChI=1S/C37H36F3N7O3/c1-3-23-28(39)6-5-20-11-22(48)12-24(29(20)23)32-31(40)33-25(14-41-32)34(43-36(42-33)50-18-37-8-4-9-46(37)15-21(38)13-37)45-16-26-27(17-45)30(26)35(49)47-10-7-19(2)44-47/h5-7,10-12,14,21,26-27,30,48H,3-4,8-9,13,15-18H2,1-2H3/t21-,26-,27+,30?,37+/m1/s1. The number of carbonyl (C=O) groups is 1. The predicted molar refractivity (Wildman–Crippen MR) is 180 cm³/mol. The Morgan fingerprint density at radius 1 is 1.12 bits per heavy atom. The van der Waals surface area contributed by atoms with Crippen molar-refractivity contribution < 1.29 is 27.8 Å². The molecule has 1 unspecified atom stereocenters. The Labute approximate surface area is 285 Å². The van der Waals surface area contributed by atoms with Gasteiger partial charge in [0.25, 0.3) is 5.91 Å². The second-order valence-electron chi connectivity index (χ2n) is 14.3. The average Bonchev–Trinajstić information content (AvgIpc) is 3.57. The number of ether oxygens (including phenoxy) is 1. The van der Waals surface area contributed by atoms with Crippen LogP contribution in [0.5, 0.6) is 11.8 Å². The lowest BCUT2D eigenvalue weighted by molar-refractivity contribution is 0.0854. The van der Waals surface area contributed by atoms with E-state index in [2.05, 4.69) is 20.0 Å². The molecule has 0 spiro atoms. The lowest BCUT2D eigenvalue weighted by Crippen LogP contribution is -2.43. The highest BCUT2D eigenvalue weighted by Crippen LogP contribution is 2.54. The maximum atomic E-state index is 16.9. The minimum absolute atomic E-state index is 0.0308. The second kappa shape index (κ2) is 11.4. The van der Waals surface area contributed by atoms with Crippen LogP contribution >= 0.6 is 0 Å². The Bertz CT molecular complexity index is 2200. The number of phenolic OH excluding ortho intramolecular Hbond substituents is 1. The number of fused-ring (bicyclic) bond motifs is 4. The van der Waals surface area contributed by atoms with Crippen LogP contribution in [0.2, 0.25) is 0 Å². The van der Waals surface area contributed by atoms with E-state index in [1.807, 2.05) is 18.7 Å². The summed E-state index contributed by atoms with van der Waals surface area (Å²) in [6.45, 7) is 6.03. The van der Waals surface area contributed by atoms with Crippen LogP contribution in [0.4, 0.5) is 19.0 Å². The van der Waals surface area contributed by atoms with E-state index in [1.54, 1.807) is 18.3 Å². The Balaban J connectivity index is 1.12. The Morgan fingerprint density at radius 3 is 2.70 bits per heavy atom. The largest absolute Gasteiger partial charge is 0.508 e. The first-order valence-electron chi connectivity index (χ1n) is 17.3. The molecule has 9 rings (SSSR count). The minimum Gasteiger partial charge on any atom is -0.508 e. The van der Waals surface area contributed by atoms with E-state index < -0.39 is 23.3 Å². The first-order chi connectivity index (χ1) is 24.1. The average molecular weight is 684 g/mol. The molecular weight excluding hydrogens is 647 g/mol. The summed E-state index contributed by atoms with van der Waals surface area (Å²) in [4.78, 5) is 31.2. The van der Waals surface area contributed by atoms with Crippen molar-refractivity contribution in [2.24, 2.45) is 17.8 Å². The van der Waals surface area contributed by atoms with Crippen molar-refractivity contribution in [3.8, 4) is 23.0 Å². The summed E-state index contributed by atoms with van der Waals surface area (Å²) in [6.07, 6.45) is 4.69. The van der Waals surface area contributed by atoms with Gasteiger partial charge in [-0.2, -0.15) is 15.1 Å². The number of nitrogens with zero attached hydrogens (tertiary/aromatic N) is 7. The number of aryl methyl sites for hydroxylation is 2. The number of aromatic hydroxyl groups is 1. The van der Waals surface area contributed by atoms with Crippen LogP contribution in [-0.2, 0) is 6.42 Å². The van der Waals surface area contributed by atoms with E-state index in [9.17, 15) is 14.3 Å². The quantitative estimate of drug-likeness (QED) is 0.225. The molecule has 1 aliphatic carbocycles. The van der Waals surface area contributed by atoms with Crippen molar-refractivity contribution in [3.05, 3.63) is 65.6 Å². The van der Waals surface area contributed by atoms with Gasteiger partial charge >= 0.3 is 6.01 Å². The van der Waals surface area contributed by atoms with Crippen molar-refractivity contribution in [2.45, 2.75) is 51.2 Å². The molecule has 5 atom stereocenters. The van der Waals surface area contributed by atoms with Gasteiger partial charge in [0.2, 0.25) is 0 Å². The van der Waals surface area contributed by atoms with Crippen LogP contribution in [0, 0.1) is 36.3 Å². The van der Waals surface area contributed by atoms with E-state index >= 15 is 8.78 Å². The molecule has 50 heavy (non-hydrogen) atoms. The monoisotopic (exact) mass is 683 g/mol. The number of phenols is 1. The summed E-state index contributed by atoms with van der Waals surface area (Å²) in [5.74, 6) is -0.876. The highest BCUT2D eigenvalue weighted by Gasteiger charge is 2.60. The Kier molecular flexibility index (Phi) is 7.10. The fourth-order valence-corrected chi connectivity index (χ4v) is 8.95. The van der Waals surface area contributed by atoms with E-state index in [1.165, 1.54) is 29.1 Å². The number of aromatic nitrogens is 5. The smallest absolute Gasteiger partial charge is 0.319 e. The number of rotatable bonds is 7. The highest BCUT2D eigenvalue weighted by molar-refractivity contribution is 6.02. The summed E-state index contributed by atoms with van der Waals surface area (Å²) in [5.41, 5.74) is 0.826. The third-order valence-corrected chi connectivity index (χ3v) is 11.4. The maximum Gasteiger partial charge on any atom is 0.319 e. The zero-order valence-corrected chi connectivity index (χ0v) is 27.7. The van der Waals surface area contributed by atoms with Gasteiger partial charge in [-0.1, -0.05) is 13.0 Å². The molecule has 4 aliphatic rings. The van der Waals surface area contributed by atoms with Gasteiger partial charge in [-0.15, -0.1) is 0 Å². The van der Waals surface area contributed by atoms with E-state index in [-0.39, 0.29) is 58.8 Å². The first-order valence-corrected chi connectivity index (χ1v) is 17.3. The molecule has 2 aromatic carbocycles. The number of piperidine rings is 1. The van der Waals surface area contributed by atoms with Crippen molar-refractivity contribution in [2.75, 3.05) is 37.7 Å². The van der Waals surface area contributed by atoms with Gasteiger partial charge in [0.15, 0.2) is 5.82 Å². The predicted octanol–water partition coefficient (Wildman–Crippen LogP) is 5.87. The van der Waals surface area contributed by atoms with Crippen molar-refractivity contribution in [1.82, 2.24) is 29.6 Å². The van der Waals surface area contributed by atoms with Crippen molar-refractivity contribution in [3.63, 3.8) is 0 Å². The Morgan fingerprint density at radius 2 is 1.94 bits per heavy atom. The molecule has 0 bridgehead atoms. The van der Waals surface area contributed by atoms with E-state index in [0.717, 1.165) is 25.1 Å². The van der Waals surface area contributed by atoms with Crippen molar-refractivity contribution >= 4 is 33.4 Å². The molecule has 6 heterocycles. The topological polar surface area (TPSA) is 110 Å². The fraction of sp³-hybridized carbons (Fsp3) is 0.432. The highest BCUT2D eigenvalue weighted by atomic mass is 19.1. The number of hydrogen-bond donors (Lipinski definition) is 1. The van der Waals surface area contributed by atoms with Crippen LogP contribution in [-0.4, -0.2) is 85.1 Å². The summed E-state index contributed by atoms with van der Waals surface area (Å²) < 4.78 is 54.2. The summed E-state index contributed by atoms with van der Waals surface area (Å²) in [5, 5.41) is 16.3. The van der Waals surface area contributed by atoms with Crippen LogP contribution in [0.3, 0.4) is 0 Å². The third-order valence-electron chi connectivity index (χ3n) is 11.4. The number of pyridine rings is 1. The molecule has 5 aromatic rings. The van der Waals surface area contributed by atoms with E-state index in [0.29, 0.717) is 60.0 Å². The summed E-state index contributed by atoms with van der Waals surface area (Å²) in [7, 11) is 0. The lowest BCUT2D eigenvalue weighted by atomic mass is 9.94. The number of benzene rings is 2. The first kappa shape index (κ1) is 31.2. The number of carbonyl (C=O) groups excluding carboxylic acids is 1. The molecule has 258 valence electrons. The Hall–Kier alpha value is -4.78. The zero-order valence-electron chi connectivity index (χ0n) is 27.7. The van der Waals surface area contributed by atoms with Gasteiger partial charge in [-0.3, -0.25) is 14.7 Å². The van der Waals surface area contributed by atoms with Gasteiger partial charge in [0.1, 0.15) is 41.4 Å². The molecule has 3 saturated heterocycles. The molecule has 4 fully saturated rings. The molecule has 3 aromatic heterocycles. The maximum absolute atomic E-state index is 16.9. The number of halogens is 3. The van der Waals surface area contributed by atoms with Crippen LogP contribution in [0.15, 0.2) is 42.7 Å². The van der Waals surface area contributed by atoms with E-state index in [4.69, 9.17) is 9.72 Å². The SMILES string of the molecule is CCc1c(F)ccc2cc(O)cc(-c3ncc4c(N5C[C@@H]6C(C(=O)n7ccc(C)n7)[C@@H]6C5)nc(OC[C@@]56CCCN5C[C@H](F)C6)nc4c3F)c12. The lowest BCUT2D eigenvalue weighted by Gasteiger charge is -2.31. The molecule has 3 aliphatic heterocycles. The van der Waals surface area contributed by atoms with Gasteiger partial charge in [0, 0.05) is 44.0 Å². The summed E-state index contributed by atoms with van der Waals surface area (Å²) in [6, 6.07) is 7.57. The van der Waals surface area contributed by atoms with Gasteiger partial charge < -0.3 is 14.7 Å². The molecule has 1 N–H and O–H groups in total. The zero-order chi connectivity index (χ0) is 34.5. The van der Waals surface area contributed by atoms with Gasteiger partial charge in [-0.05, 0) is 85.2 Å². The molecule has 13 heteroatoms. The molecule has 0 amide bonds. The van der Waals surface area contributed by atoms with Crippen LogP contribution < -0.4 is 9.64 Å². The van der Waals surface area contributed by atoms with Gasteiger partial charge in [0.05, 0.1) is 22.5 Å². The van der Waals surface area contributed by atoms with Gasteiger partial charge in [-0.25, -0.2) is 17.9 Å².